The topological polar surface area (TPSA) is 33.5 Å². The summed E-state index contributed by atoms with van der Waals surface area (Å²) < 4.78 is 7.29. The van der Waals surface area contributed by atoms with E-state index in [1.54, 1.807) is 18.0 Å². The SMILES string of the molecule is CN1SC=C(c2cc3ccccc3oc2=O)S1. The molecular weight excluding hydrogens is 254 g/mol. The molecule has 2 heterocycles. The van der Waals surface area contributed by atoms with E-state index < -0.39 is 0 Å². The minimum absolute atomic E-state index is 0.279. The van der Waals surface area contributed by atoms with Gasteiger partial charge in [-0.25, -0.2) is 4.79 Å². The zero-order chi connectivity index (χ0) is 11.8. The Morgan fingerprint density at radius 2 is 2.12 bits per heavy atom. The van der Waals surface area contributed by atoms with Crippen LogP contribution in [0.5, 0.6) is 0 Å². The monoisotopic (exact) mass is 263 g/mol. The van der Waals surface area contributed by atoms with E-state index >= 15 is 0 Å². The maximum absolute atomic E-state index is 11.9. The molecule has 0 saturated heterocycles. The lowest BCUT2D eigenvalue weighted by Gasteiger charge is -2.04. The molecule has 2 aromatic rings. The molecule has 0 saturated carbocycles. The molecule has 3 rings (SSSR count). The third-order valence-electron chi connectivity index (χ3n) is 2.44. The molecule has 1 aromatic carbocycles. The summed E-state index contributed by atoms with van der Waals surface area (Å²) in [4.78, 5) is 12.8. The molecule has 0 radical (unpaired) electrons. The minimum Gasteiger partial charge on any atom is -0.422 e. The van der Waals surface area contributed by atoms with Crippen LogP contribution in [0.1, 0.15) is 5.56 Å². The summed E-state index contributed by atoms with van der Waals surface area (Å²) in [6.45, 7) is 0. The van der Waals surface area contributed by atoms with Crippen LogP contribution in [0.3, 0.4) is 0 Å². The molecule has 5 heteroatoms. The quantitative estimate of drug-likeness (QED) is 0.582. The van der Waals surface area contributed by atoms with E-state index in [0.29, 0.717) is 11.1 Å². The van der Waals surface area contributed by atoms with Crippen molar-refractivity contribution in [1.29, 1.82) is 0 Å². The van der Waals surface area contributed by atoms with E-state index in [9.17, 15) is 4.79 Å². The summed E-state index contributed by atoms with van der Waals surface area (Å²) in [5.74, 6) is 0. The summed E-state index contributed by atoms with van der Waals surface area (Å²) in [6, 6.07) is 9.43. The Labute approximate surface area is 107 Å². The highest BCUT2D eigenvalue weighted by Crippen LogP contribution is 2.41. The maximum atomic E-state index is 11.9. The van der Waals surface area contributed by atoms with Gasteiger partial charge in [0.25, 0.3) is 0 Å². The van der Waals surface area contributed by atoms with Gasteiger partial charge in [-0.2, -0.15) is 3.71 Å². The first-order chi connectivity index (χ1) is 8.24. The van der Waals surface area contributed by atoms with Gasteiger partial charge in [0, 0.05) is 22.7 Å². The van der Waals surface area contributed by atoms with Gasteiger partial charge < -0.3 is 4.42 Å². The van der Waals surface area contributed by atoms with Crippen molar-refractivity contribution in [2.45, 2.75) is 0 Å². The number of rotatable bonds is 1. The second-order valence-electron chi connectivity index (χ2n) is 3.60. The zero-order valence-corrected chi connectivity index (χ0v) is 10.7. The maximum Gasteiger partial charge on any atom is 0.344 e. The lowest BCUT2D eigenvalue weighted by molar-refractivity contribution is 0.559. The highest BCUT2D eigenvalue weighted by molar-refractivity contribution is 8.21. The van der Waals surface area contributed by atoms with Gasteiger partial charge in [-0.1, -0.05) is 18.2 Å². The predicted molar refractivity (Wildman–Crippen MR) is 73.4 cm³/mol. The van der Waals surface area contributed by atoms with Crippen molar-refractivity contribution < 1.29 is 4.42 Å². The molecule has 0 aliphatic carbocycles. The molecule has 3 nitrogen and oxygen atoms in total. The summed E-state index contributed by atoms with van der Waals surface area (Å²) in [5, 5.41) is 2.91. The van der Waals surface area contributed by atoms with Crippen LogP contribution in [0.4, 0.5) is 0 Å². The molecule has 1 aromatic heterocycles. The molecule has 1 aliphatic heterocycles. The highest BCUT2D eigenvalue weighted by Gasteiger charge is 2.18. The molecule has 0 atom stereocenters. The van der Waals surface area contributed by atoms with E-state index in [-0.39, 0.29) is 5.63 Å². The number of para-hydroxylation sites is 1. The van der Waals surface area contributed by atoms with Crippen LogP contribution in [0, 0.1) is 0 Å². The van der Waals surface area contributed by atoms with Crippen molar-refractivity contribution in [3.63, 3.8) is 0 Å². The van der Waals surface area contributed by atoms with E-state index in [0.717, 1.165) is 10.3 Å². The molecule has 0 unspecified atom stereocenters. The van der Waals surface area contributed by atoms with Crippen LogP contribution in [-0.2, 0) is 0 Å². The van der Waals surface area contributed by atoms with E-state index in [2.05, 4.69) is 0 Å². The number of benzene rings is 1. The lowest BCUT2D eigenvalue weighted by Crippen LogP contribution is -2.05. The Balaban J connectivity index is 2.17. The van der Waals surface area contributed by atoms with Gasteiger partial charge in [-0.15, -0.1) is 0 Å². The van der Waals surface area contributed by atoms with Crippen molar-refractivity contribution in [3.05, 3.63) is 51.7 Å². The Hall–Kier alpha value is -1.17. The summed E-state index contributed by atoms with van der Waals surface area (Å²) in [6.07, 6.45) is 0. The summed E-state index contributed by atoms with van der Waals surface area (Å²) >= 11 is 3.11. The van der Waals surface area contributed by atoms with Crippen LogP contribution < -0.4 is 5.63 Å². The first-order valence-corrected chi connectivity index (χ1v) is 6.67. The standard InChI is InChI=1S/C12H9NO2S2/c1-13-16-7-11(17-13)9-6-8-4-2-3-5-10(8)15-12(9)14/h2-7H,1H3. The van der Waals surface area contributed by atoms with Gasteiger partial charge in [0.15, 0.2) is 0 Å². The van der Waals surface area contributed by atoms with Crippen LogP contribution in [0.2, 0.25) is 0 Å². The minimum atomic E-state index is -0.279. The average molecular weight is 263 g/mol. The Bertz CT molecular complexity index is 663. The van der Waals surface area contributed by atoms with Crippen molar-refractivity contribution in [3.8, 4) is 0 Å². The molecule has 0 amide bonds. The Morgan fingerprint density at radius 3 is 2.88 bits per heavy atom. The van der Waals surface area contributed by atoms with Crippen LogP contribution >= 0.6 is 23.9 Å². The summed E-state index contributed by atoms with van der Waals surface area (Å²) in [7, 11) is 1.96. The summed E-state index contributed by atoms with van der Waals surface area (Å²) in [5.41, 5.74) is 0.981. The first kappa shape index (κ1) is 11.0. The fourth-order valence-electron chi connectivity index (χ4n) is 1.65. The van der Waals surface area contributed by atoms with Gasteiger partial charge in [-0.05, 0) is 36.0 Å². The van der Waals surface area contributed by atoms with E-state index in [1.165, 1.54) is 11.9 Å². The van der Waals surface area contributed by atoms with Gasteiger partial charge in [0.1, 0.15) is 5.58 Å². The van der Waals surface area contributed by atoms with Crippen LogP contribution in [-0.4, -0.2) is 10.8 Å². The van der Waals surface area contributed by atoms with E-state index in [4.69, 9.17) is 4.42 Å². The molecule has 86 valence electrons. The van der Waals surface area contributed by atoms with Gasteiger partial charge >= 0.3 is 5.63 Å². The number of nitrogens with zero attached hydrogens (tertiary/aromatic N) is 1. The van der Waals surface area contributed by atoms with Crippen molar-refractivity contribution in [2.24, 2.45) is 0 Å². The fourth-order valence-corrected chi connectivity index (χ4v) is 3.38. The second kappa shape index (κ2) is 4.25. The number of hydrogen-bond acceptors (Lipinski definition) is 5. The van der Waals surface area contributed by atoms with Gasteiger partial charge in [-0.3, -0.25) is 0 Å². The molecular formula is C12H9NO2S2. The third kappa shape index (κ3) is 2.01. The first-order valence-electron chi connectivity index (χ1n) is 5.06. The second-order valence-corrected chi connectivity index (χ2v) is 6.00. The van der Waals surface area contributed by atoms with Crippen molar-refractivity contribution >= 4 is 39.8 Å². The Kier molecular flexibility index (Phi) is 2.74. The van der Waals surface area contributed by atoms with Crippen LogP contribution in [0.15, 0.2) is 45.0 Å². The molecule has 0 bridgehead atoms. The third-order valence-corrected chi connectivity index (χ3v) is 4.50. The molecule has 17 heavy (non-hydrogen) atoms. The molecule has 0 spiro atoms. The lowest BCUT2D eigenvalue weighted by atomic mass is 10.2. The molecule has 1 aliphatic rings. The molecule has 0 fully saturated rings. The average Bonchev–Trinajstić information content (AvgIpc) is 2.75. The van der Waals surface area contributed by atoms with Crippen molar-refractivity contribution in [1.82, 2.24) is 3.71 Å². The predicted octanol–water partition coefficient (Wildman–Crippen LogP) is 3.33. The van der Waals surface area contributed by atoms with Gasteiger partial charge in [0.2, 0.25) is 0 Å². The fraction of sp³-hybridized carbons (Fsp3) is 0.0833. The number of fused-ring (bicyclic) bond motifs is 1. The van der Waals surface area contributed by atoms with Gasteiger partial charge in [0.05, 0.1) is 5.56 Å². The zero-order valence-electron chi connectivity index (χ0n) is 9.04. The highest BCUT2D eigenvalue weighted by atomic mass is 32.2. The Morgan fingerprint density at radius 1 is 1.29 bits per heavy atom. The normalized spacial score (nSPS) is 16.4. The number of hydrogen-bond donors (Lipinski definition) is 0. The van der Waals surface area contributed by atoms with Crippen LogP contribution in [0.25, 0.3) is 15.9 Å². The molecule has 0 N–H and O–H groups in total. The smallest absolute Gasteiger partial charge is 0.344 e. The largest absolute Gasteiger partial charge is 0.422 e. The van der Waals surface area contributed by atoms with Crippen molar-refractivity contribution in [2.75, 3.05) is 7.05 Å². The van der Waals surface area contributed by atoms with E-state index in [1.807, 2.05) is 40.4 Å².